The molecule has 3 aromatic rings. The van der Waals surface area contributed by atoms with E-state index in [2.05, 4.69) is 44.8 Å². The summed E-state index contributed by atoms with van der Waals surface area (Å²) in [5, 5.41) is 14.9. The van der Waals surface area contributed by atoms with Crippen LogP contribution in [0.5, 0.6) is 0 Å². The van der Waals surface area contributed by atoms with Crippen molar-refractivity contribution in [2.45, 2.75) is 58.8 Å². The first-order valence-electron chi connectivity index (χ1n) is 9.93. The lowest BCUT2D eigenvalue weighted by Crippen LogP contribution is -2.09. The summed E-state index contributed by atoms with van der Waals surface area (Å²) in [7, 11) is 0. The largest absolute Gasteiger partial charge is 0.294 e. The Morgan fingerprint density at radius 1 is 1.32 bits per heavy atom. The molecule has 0 aromatic carbocycles. The lowest BCUT2D eigenvalue weighted by Gasteiger charge is -2.20. The Hall–Kier alpha value is -2.06. The first-order valence-corrected chi connectivity index (χ1v) is 11.2. The lowest BCUT2D eigenvalue weighted by atomic mass is 9.86. The molecule has 28 heavy (non-hydrogen) atoms. The molecule has 0 bridgehead atoms. The van der Waals surface area contributed by atoms with Crippen LogP contribution in [0.15, 0.2) is 22.7 Å². The zero-order valence-corrected chi connectivity index (χ0v) is 18.0. The van der Waals surface area contributed by atoms with Gasteiger partial charge < -0.3 is 0 Å². The van der Waals surface area contributed by atoms with Crippen LogP contribution in [0, 0.1) is 24.5 Å². The molecule has 0 saturated heterocycles. The number of thiazole rings is 1. The standard InChI is InChI=1S/C20H26N6S2/c1-14-12-17(15(2)25(14)20-21-10-11-28-20)13-22-26-18(23-24-19(26)27)9-8-16-6-4-3-5-7-16/h10-13,16H,3-9H2,1-2H3,(H,24,27)/b22-13-. The molecule has 0 amide bonds. The van der Waals surface area contributed by atoms with Crippen LogP contribution in [0.4, 0.5) is 0 Å². The highest BCUT2D eigenvalue weighted by Crippen LogP contribution is 2.27. The molecule has 1 saturated carbocycles. The Balaban J connectivity index is 1.53. The summed E-state index contributed by atoms with van der Waals surface area (Å²) in [6.45, 7) is 4.18. The van der Waals surface area contributed by atoms with E-state index in [1.165, 1.54) is 32.1 Å². The van der Waals surface area contributed by atoms with Gasteiger partial charge in [-0.25, -0.2) is 4.98 Å². The minimum atomic E-state index is 0.545. The van der Waals surface area contributed by atoms with E-state index in [4.69, 9.17) is 12.2 Å². The maximum Gasteiger partial charge on any atom is 0.216 e. The number of aromatic amines is 1. The summed E-state index contributed by atoms with van der Waals surface area (Å²) >= 11 is 7.03. The minimum Gasteiger partial charge on any atom is -0.294 e. The average molecular weight is 415 g/mol. The molecule has 0 radical (unpaired) electrons. The molecule has 6 nitrogen and oxygen atoms in total. The summed E-state index contributed by atoms with van der Waals surface area (Å²) in [5.41, 5.74) is 3.33. The first-order chi connectivity index (χ1) is 13.6. The Labute approximate surface area is 174 Å². The van der Waals surface area contributed by atoms with Gasteiger partial charge in [-0.05, 0) is 44.5 Å². The highest BCUT2D eigenvalue weighted by Gasteiger charge is 2.15. The van der Waals surface area contributed by atoms with Gasteiger partial charge in [0.1, 0.15) is 0 Å². The molecule has 1 fully saturated rings. The molecule has 8 heteroatoms. The van der Waals surface area contributed by atoms with Crippen LogP contribution in [-0.2, 0) is 6.42 Å². The molecule has 0 unspecified atom stereocenters. The number of aromatic nitrogens is 5. The van der Waals surface area contributed by atoms with Gasteiger partial charge in [-0.2, -0.15) is 14.9 Å². The molecule has 3 heterocycles. The monoisotopic (exact) mass is 414 g/mol. The molecule has 148 valence electrons. The topological polar surface area (TPSA) is 63.8 Å². The van der Waals surface area contributed by atoms with Crippen molar-refractivity contribution in [1.29, 1.82) is 0 Å². The highest BCUT2D eigenvalue weighted by molar-refractivity contribution is 7.71. The second-order valence-electron chi connectivity index (χ2n) is 7.52. The lowest BCUT2D eigenvalue weighted by molar-refractivity contribution is 0.336. The van der Waals surface area contributed by atoms with Crippen molar-refractivity contribution in [3.63, 3.8) is 0 Å². The molecule has 1 N–H and O–H groups in total. The van der Waals surface area contributed by atoms with E-state index in [-0.39, 0.29) is 0 Å². The second kappa shape index (κ2) is 8.53. The summed E-state index contributed by atoms with van der Waals surface area (Å²) in [4.78, 5) is 4.43. The van der Waals surface area contributed by atoms with Gasteiger partial charge in [0, 0.05) is 34.9 Å². The fourth-order valence-electron chi connectivity index (χ4n) is 4.07. The van der Waals surface area contributed by atoms with Gasteiger partial charge in [-0.1, -0.05) is 32.1 Å². The van der Waals surface area contributed by atoms with Crippen molar-refractivity contribution in [1.82, 2.24) is 24.4 Å². The number of hydrogen-bond donors (Lipinski definition) is 1. The third-order valence-electron chi connectivity index (χ3n) is 5.61. The van der Waals surface area contributed by atoms with Crippen molar-refractivity contribution in [3.05, 3.63) is 45.2 Å². The van der Waals surface area contributed by atoms with Crippen molar-refractivity contribution in [3.8, 4) is 5.13 Å². The summed E-state index contributed by atoms with van der Waals surface area (Å²) in [5.74, 6) is 1.73. The van der Waals surface area contributed by atoms with E-state index in [9.17, 15) is 0 Å². The highest BCUT2D eigenvalue weighted by atomic mass is 32.1. The number of rotatable bonds is 6. The summed E-state index contributed by atoms with van der Waals surface area (Å²) < 4.78 is 4.47. The molecule has 1 aliphatic rings. The van der Waals surface area contributed by atoms with E-state index in [1.54, 1.807) is 16.0 Å². The Kier molecular flexibility index (Phi) is 5.87. The van der Waals surface area contributed by atoms with Crippen molar-refractivity contribution >= 4 is 29.8 Å². The second-order valence-corrected chi connectivity index (χ2v) is 8.78. The predicted molar refractivity (Wildman–Crippen MR) is 116 cm³/mol. The fourth-order valence-corrected chi connectivity index (χ4v) is 5.02. The quantitative estimate of drug-likeness (QED) is 0.445. The molecule has 0 atom stereocenters. The van der Waals surface area contributed by atoms with Crippen LogP contribution in [-0.4, -0.2) is 30.6 Å². The molecular weight excluding hydrogens is 388 g/mol. The van der Waals surface area contributed by atoms with E-state index in [0.29, 0.717) is 4.77 Å². The maximum atomic E-state index is 5.41. The van der Waals surface area contributed by atoms with E-state index < -0.39 is 0 Å². The number of H-pyrrole nitrogens is 1. The molecular formula is C20H26N6S2. The number of nitrogens with zero attached hydrogens (tertiary/aromatic N) is 5. The predicted octanol–water partition coefficient (Wildman–Crippen LogP) is 5.20. The zero-order valence-electron chi connectivity index (χ0n) is 16.4. The molecule has 0 aliphatic heterocycles. The van der Waals surface area contributed by atoms with Gasteiger partial charge in [-0.15, -0.1) is 11.3 Å². The van der Waals surface area contributed by atoms with E-state index >= 15 is 0 Å². The van der Waals surface area contributed by atoms with Gasteiger partial charge in [0.05, 0.1) is 6.21 Å². The molecule has 1 aliphatic carbocycles. The van der Waals surface area contributed by atoms with Crippen LogP contribution >= 0.6 is 23.6 Å². The summed E-state index contributed by atoms with van der Waals surface area (Å²) in [6, 6.07) is 2.13. The number of hydrogen-bond acceptors (Lipinski definition) is 5. The minimum absolute atomic E-state index is 0.545. The average Bonchev–Trinajstić information content (AvgIpc) is 3.40. The summed E-state index contributed by atoms with van der Waals surface area (Å²) in [6.07, 6.45) is 12.6. The molecule has 3 aromatic heterocycles. The molecule has 4 rings (SSSR count). The normalized spacial score (nSPS) is 15.6. The van der Waals surface area contributed by atoms with Gasteiger partial charge in [0.25, 0.3) is 0 Å². The SMILES string of the molecule is Cc1cc(/C=N\n2c(CCC3CCCCC3)n[nH]c2=S)c(C)n1-c1nccs1. The van der Waals surface area contributed by atoms with Crippen LogP contribution in [0.1, 0.15) is 61.3 Å². The smallest absolute Gasteiger partial charge is 0.216 e. The third kappa shape index (κ3) is 4.03. The van der Waals surface area contributed by atoms with Gasteiger partial charge in [-0.3, -0.25) is 9.67 Å². The van der Waals surface area contributed by atoms with E-state index in [0.717, 1.165) is 46.7 Å². The van der Waals surface area contributed by atoms with Gasteiger partial charge in [0.2, 0.25) is 4.77 Å². The van der Waals surface area contributed by atoms with Gasteiger partial charge >= 0.3 is 0 Å². The zero-order chi connectivity index (χ0) is 19.5. The van der Waals surface area contributed by atoms with Crippen molar-refractivity contribution < 1.29 is 0 Å². The van der Waals surface area contributed by atoms with Crippen LogP contribution < -0.4 is 0 Å². The van der Waals surface area contributed by atoms with Crippen molar-refractivity contribution in [2.24, 2.45) is 11.0 Å². The van der Waals surface area contributed by atoms with Crippen LogP contribution in [0.3, 0.4) is 0 Å². The molecule has 0 spiro atoms. The first kappa shape index (κ1) is 19.3. The maximum absolute atomic E-state index is 5.41. The number of nitrogens with one attached hydrogen (secondary N) is 1. The van der Waals surface area contributed by atoms with Crippen LogP contribution in [0.25, 0.3) is 5.13 Å². The van der Waals surface area contributed by atoms with Crippen molar-refractivity contribution in [2.75, 3.05) is 0 Å². The van der Waals surface area contributed by atoms with Crippen LogP contribution in [0.2, 0.25) is 0 Å². The fraction of sp³-hybridized carbons (Fsp3) is 0.500. The Morgan fingerprint density at radius 2 is 2.14 bits per heavy atom. The Morgan fingerprint density at radius 3 is 2.89 bits per heavy atom. The number of aryl methyl sites for hydroxylation is 2. The van der Waals surface area contributed by atoms with E-state index in [1.807, 2.05) is 17.8 Å². The Bertz CT molecular complexity index is 1000. The third-order valence-corrected chi connectivity index (χ3v) is 6.63. The van der Waals surface area contributed by atoms with Gasteiger partial charge in [0.15, 0.2) is 11.0 Å².